The molecule has 0 spiro atoms. The van der Waals surface area contributed by atoms with Gasteiger partial charge in [-0.25, -0.2) is 0 Å². The quantitative estimate of drug-likeness (QED) is 0.822. The topological polar surface area (TPSA) is 29.5 Å². The fourth-order valence-corrected chi connectivity index (χ4v) is 4.12. The van der Waals surface area contributed by atoms with Gasteiger partial charge in [-0.05, 0) is 54.0 Å². The molecule has 0 aliphatic carbocycles. The summed E-state index contributed by atoms with van der Waals surface area (Å²) in [4.78, 5) is 1.40. The van der Waals surface area contributed by atoms with Crippen molar-refractivity contribution in [3.05, 3.63) is 50.1 Å². The standard InChI is InChI=1S/C17H19BrO2S/c18-14-9-12-6-7-20-17(12)13(10-14)11-15(19)3-1-4-16-5-2-8-21-16/h2,5,8-10,15,19H,1,3-4,6-7,11H2. The number of halogens is 1. The zero-order valence-electron chi connectivity index (χ0n) is 11.8. The Labute approximate surface area is 137 Å². The minimum absolute atomic E-state index is 0.299. The SMILES string of the molecule is OC(CCCc1cccs1)Cc1cc(Br)cc2c1OCC2. The molecule has 1 unspecified atom stereocenters. The van der Waals surface area contributed by atoms with Crippen molar-refractivity contribution in [1.29, 1.82) is 0 Å². The lowest BCUT2D eigenvalue weighted by molar-refractivity contribution is 0.161. The van der Waals surface area contributed by atoms with Gasteiger partial charge in [0.15, 0.2) is 0 Å². The van der Waals surface area contributed by atoms with E-state index >= 15 is 0 Å². The lowest BCUT2D eigenvalue weighted by Gasteiger charge is -2.13. The van der Waals surface area contributed by atoms with Crippen LogP contribution in [0.25, 0.3) is 0 Å². The molecule has 0 bridgehead atoms. The van der Waals surface area contributed by atoms with Gasteiger partial charge >= 0.3 is 0 Å². The van der Waals surface area contributed by atoms with E-state index in [-0.39, 0.29) is 6.10 Å². The maximum absolute atomic E-state index is 10.3. The molecule has 1 atom stereocenters. The van der Waals surface area contributed by atoms with E-state index in [2.05, 4.69) is 45.6 Å². The molecule has 21 heavy (non-hydrogen) atoms. The van der Waals surface area contributed by atoms with Gasteiger partial charge in [0.25, 0.3) is 0 Å². The molecule has 112 valence electrons. The molecule has 0 radical (unpaired) electrons. The van der Waals surface area contributed by atoms with Crippen LogP contribution >= 0.6 is 27.3 Å². The summed E-state index contributed by atoms with van der Waals surface area (Å²) in [6.07, 6.45) is 4.26. The van der Waals surface area contributed by atoms with Crippen molar-refractivity contribution in [3.63, 3.8) is 0 Å². The lowest BCUT2D eigenvalue weighted by atomic mass is 10.00. The van der Waals surface area contributed by atoms with E-state index in [4.69, 9.17) is 4.74 Å². The number of aliphatic hydroxyl groups excluding tert-OH is 1. The fourth-order valence-electron chi connectivity index (χ4n) is 2.82. The smallest absolute Gasteiger partial charge is 0.125 e. The second-order valence-corrected chi connectivity index (χ2v) is 7.43. The number of hydrogen-bond acceptors (Lipinski definition) is 3. The fraction of sp³-hybridized carbons (Fsp3) is 0.412. The predicted octanol–water partition coefficient (Wildman–Crippen LogP) is 4.37. The molecule has 4 heteroatoms. The van der Waals surface area contributed by atoms with Crippen molar-refractivity contribution in [2.45, 2.75) is 38.2 Å². The molecule has 0 fully saturated rings. The Morgan fingerprint density at radius 3 is 3.10 bits per heavy atom. The van der Waals surface area contributed by atoms with E-state index in [1.54, 1.807) is 11.3 Å². The van der Waals surface area contributed by atoms with Gasteiger partial charge in [0, 0.05) is 22.2 Å². The van der Waals surface area contributed by atoms with Crippen LogP contribution in [0, 0.1) is 0 Å². The second-order valence-electron chi connectivity index (χ2n) is 5.48. The summed E-state index contributed by atoms with van der Waals surface area (Å²) in [6, 6.07) is 8.44. The summed E-state index contributed by atoms with van der Waals surface area (Å²) in [5, 5.41) is 12.4. The molecule has 0 saturated carbocycles. The van der Waals surface area contributed by atoms with Crippen LogP contribution in [0.15, 0.2) is 34.1 Å². The number of thiophene rings is 1. The van der Waals surface area contributed by atoms with E-state index in [1.165, 1.54) is 10.4 Å². The Hall–Kier alpha value is -0.840. The molecular formula is C17H19BrO2S. The summed E-state index contributed by atoms with van der Waals surface area (Å²) < 4.78 is 6.79. The monoisotopic (exact) mass is 366 g/mol. The molecule has 1 aliphatic heterocycles. The van der Waals surface area contributed by atoms with Gasteiger partial charge in [-0.15, -0.1) is 11.3 Å². The van der Waals surface area contributed by atoms with E-state index in [1.807, 2.05) is 0 Å². The van der Waals surface area contributed by atoms with Crippen LogP contribution in [0.4, 0.5) is 0 Å². The van der Waals surface area contributed by atoms with Crippen molar-refractivity contribution in [3.8, 4) is 5.75 Å². The number of aliphatic hydroxyl groups is 1. The highest BCUT2D eigenvalue weighted by Crippen LogP contribution is 2.34. The second kappa shape index (κ2) is 6.95. The summed E-state index contributed by atoms with van der Waals surface area (Å²) >= 11 is 5.34. The van der Waals surface area contributed by atoms with E-state index in [0.29, 0.717) is 6.42 Å². The maximum atomic E-state index is 10.3. The van der Waals surface area contributed by atoms with Crippen molar-refractivity contribution in [1.82, 2.24) is 0 Å². The molecule has 0 amide bonds. The van der Waals surface area contributed by atoms with Crippen molar-refractivity contribution < 1.29 is 9.84 Å². The summed E-state index contributed by atoms with van der Waals surface area (Å²) in [7, 11) is 0. The van der Waals surface area contributed by atoms with Crippen LogP contribution in [0.3, 0.4) is 0 Å². The van der Waals surface area contributed by atoms with Gasteiger partial charge in [-0.1, -0.05) is 22.0 Å². The van der Waals surface area contributed by atoms with Crippen LogP contribution in [0.5, 0.6) is 5.75 Å². The number of benzene rings is 1. The van der Waals surface area contributed by atoms with Gasteiger partial charge in [-0.2, -0.15) is 0 Å². The first kappa shape index (κ1) is 15.1. The highest BCUT2D eigenvalue weighted by Gasteiger charge is 2.19. The molecule has 1 aromatic carbocycles. The Kier molecular flexibility index (Phi) is 4.99. The van der Waals surface area contributed by atoms with Crippen LogP contribution in [-0.2, 0) is 19.3 Å². The Bertz CT molecular complexity index is 595. The van der Waals surface area contributed by atoms with E-state index in [9.17, 15) is 5.11 Å². The summed E-state index contributed by atoms with van der Waals surface area (Å²) in [5.74, 6) is 0.996. The van der Waals surface area contributed by atoms with Crippen LogP contribution < -0.4 is 4.74 Å². The third-order valence-electron chi connectivity index (χ3n) is 3.82. The minimum atomic E-state index is -0.299. The number of hydrogen-bond donors (Lipinski definition) is 1. The van der Waals surface area contributed by atoms with E-state index < -0.39 is 0 Å². The van der Waals surface area contributed by atoms with Crippen molar-refractivity contribution in [2.75, 3.05) is 6.61 Å². The van der Waals surface area contributed by atoms with Crippen LogP contribution in [0.2, 0.25) is 0 Å². The number of fused-ring (bicyclic) bond motifs is 1. The normalized spacial score (nSPS) is 14.8. The molecule has 1 aliphatic rings. The average molecular weight is 367 g/mol. The van der Waals surface area contributed by atoms with Gasteiger partial charge < -0.3 is 9.84 Å². The van der Waals surface area contributed by atoms with E-state index in [0.717, 1.165) is 48.1 Å². The molecule has 0 saturated heterocycles. The Balaban J connectivity index is 1.56. The number of aryl methyl sites for hydroxylation is 1. The maximum Gasteiger partial charge on any atom is 0.125 e. The van der Waals surface area contributed by atoms with Crippen LogP contribution in [-0.4, -0.2) is 17.8 Å². The first-order valence-corrected chi connectivity index (χ1v) is 9.04. The van der Waals surface area contributed by atoms with Crippen molar-refractivity contribution >= 4 is 27.3 Å². The average Bonchev–Trinajstić information content (AvgIpc) is 3.09. The first-order valence-electron chi connectivity index (χ1n) is 7.37. The molecule has 3 rings (SSSR count). The predicted molar refractivity (Wildman–Crippen MR) is 90.3 cm³/mol. The highest BCUT2D eigenvalue weighted by atomic mass is 79.9. The number of rotatable bonds is 6. The molecule has 1 N–H and O–H groups in total. The zero-order chi connectivity index (χ0) is 14.7. The zero-order valence-corrected chi connectivity index (χ0v) is 14.3. The largest absolute Gasteiger partial charge is 0.493 e. The Morgan fingerprint density at radius 2 is 2.29 bits per heavy atom. The van der Waals surface area contributed by atoms with Crippen molar-refractivity contribution in [2.24, 2.45) is 0 Å². The third-order valence-corrected chi connectivity index (χ3v) is 5.22. The number of ether oxygens (including phenoxy) is 1. The molecule has 2 aromatic rings. The molecular weight excluding hydrogens is 348 g/mol. The highest BCUT2D eigenvalue weighted by molar-refractivity contribution is 9.10. The minimum Gasteiger partial charge on any atom is -0.493 e. The lowest BCUT2D eigenvalue weighted by Crippen LogP contribution is -2.11. The first-order chi connectivity index (χ1) is 10.2. The van der Waals surface area contributed by atoms with Crippen LogP contribution in [0.1, 0.15) is 28.8 Å². The van der Waals surface area contributed by atoms with Gasteiger partial charge in [0.2, 0.25) is 0 Å². The Morgan fingerprint density at radius 1 is 1.38 bits per heavy atom. The third kappa shape index (κ3) is 3.87. The van der Waals surface area contributed by atoms with Gasteiger partial charge in [0.1, 0.15) is 5.75 Å². The summed E-state index contributed by atoms with van der Waals surface area (Å²) in [6.45, 7) is 0.757. The summed E-state index contributed by atoms with van der Waals surface area (Å²) in [5.41, 5.74) is 2.38. The van der Waals surface area contributed by atoms with Gasteiger partial charge in [0.05, 0.1) is 12.7 Å². The van der Waals surface area contributed by atoms with Gasteiger partial charge in [-0.3, -0.25) is 0 Å². The molecule has 1 aromatic heterocycles. The molecule has 2 heterocycles. The molecule has 2 nitrogen and oxygen atoms in total.